The summed E-state index contributed by atoms with van der Waals surface area (Å²) in [7, 11) is 1.54. The largest absolute Gasteiger partial charge is 0.396 e. The van der Waals surface area contributed by atoms with Crippen LogP contribution in [-0.4, -0.2) is 34.4 Å². The molecule has 0 bridgehead atoms. The number of anilines is 1. The van der Waals surface area contributed by atoms with Gasteiger partial charge in [0, 0.05) is 30.0 Å². The lowest BCUT2D eigenvalue weighted by atomic mass is 9.79. The molecule has 3 rings (SSSR count). The highest BCUT2D eigenvalue weighted by Gasteiger charge is 2.53. The molecule has 2 atom stereocenters. The molecule has 1 fully saturated rings. The van der Waals surface area contributed by atoms with Gasteiger partial charge in [-0.15, -0.1) is 0 Å². The summed E-state index contributed by atoms with van der Waals surface area (Å²) in [6, 6.07) is 4.98. The summed E-state index contributed by atoms with van der Waals surface area (Å²) in [4.78, 5) is 38.7. The van der Waals surface area contributed by atoms with Crippen LogP contribution in [0.15, 0.2) is 24.3 Å². The number of alkyl halides is 3. The fourth-order valence-electron chi connectivity index (χ4n) is 4.05. The van der Waals surface area contributed by atoms with Crippen LogP contribution in [-0.2, 0) is 11.8 Å². The number of nitrogens with one attached hydrogen (secondary N) is 2. The van der Waals surface area contributed by atoms with Gasteiger partial charge in [0.05, 0.1) is 11.0 Å². The Morgan fingerprint density at radius 2 is 1.86 bits per heavy atom. The highest BCUT2D eigenvalue weighted by atomic mass is 19.4. The highest BCUT2D eigenvalue weighted by molar-refractivity contribution is 6.43. The van der Waals surface area contributed by atoms with E-state index in [-0.39, 0.29) is 34.8 Å². The number of carbonyl (C=O) groups is 3. The first-order chi connectivity index (χ1) is 16.7. The van der Waals surface area contributed by atoms with Crippen molar-refractivity contribution in [3.05, 3.63) is 52.6 Å². The number of hydrogen-bond donors (Lipinski definition) is 2. The summed E-state index contributed by atoms with van der Waals surface area (Å²) < 4.78 is 55.8. The molecule has 0 saturated heterocycles. The lowest BCUT2D eigenvalue weighted by Gasteiger charge is -2.36. The Morgan fingerprint density at radius 1 is 1.22 bits per heavy atom. The van der Waals surface area contributed by atoms with Crippen molar-refractivity contribution in [2.75, 3.05) is 5.32 Å². The third-order valence-corrected chi connectivity index (χ3v) is 6.96. The van der Waals surface area contributed by atoms with Gasteiger partial charge < -0.3 is 15.2 Å². The molecule has 192 valence electrons. The van der Waals surface area contributed by atoms with E-state index in [2.05, 4.69) is 10.6 Å². The minimum absolute atomic E-state index is 0.0256. The molecule has 0 radical (unpaired) electrons. The molecular formula is C25H26F4N4O3. The standard InChI is InChI=1S/C25H26F4N4O3/c1-5-24(3,25(27,28)29)13(2)31-23(36)21(34)17-11-19(33(4)20(17)14-6-7-14)22(35)32-16-8-9-18(26)15(10-16)12-30/h8-11,13-14H,5-7H2,1-4H3,(H,31,36)(H,32,35). The molecule has 1 aromatic carbocycles. The molecular weight excluding hydrogens is 480 g/mol. The van der Waals surface area contributed by atoms with Gasteiger partial charge in [-0.2, -0.15) is 18.4 Å². The van der Waals surface area contributed by atoms with Gasteiger partial charge in [0.15, 0.2) is 0 Å². The van der Waals surface area contributed by atoms with Gasteiger partial charge in [0.1, 0.15) is 17.6 Å². The molecule has 2 aromatic rings. The lowest BCUT2D eigenvalue weighted by Crippen LogP contribution is -2.53. The van der Waals surface area contributed by atoms with Crippen molar-refractivity contribution in [1.82, 2.24) is 9.88 Å². The van der Waals surface area contributed by atoms with Crippen molar-refractivity contribution in [1.29, 1.82) is 5.26 Å². The smallest absolute Gasteiger partial charge is 0.346 e. The third-order valence-electron chi connectivity index (χ3n) is 6.96. The summed E-state index contributed by atoms with van der Waals surface area (Å²) in [5.74, 6) is -3.72. The van der Waals surface area contributed by atoms with E-state index in [9.17, 15) is 31.9 Å². The quantitative estimate of drug-likeness (QED) is 0.304. The van der Waals surface area contributed by atoms with E-state index in [0.29, 0.717) is 5.69 Å². The number of benzene rings is 1. The normalized spacial score (nSPS) is 16.0. The van der Waals surface area contributed by atoms with E-state index in [1.54, 1.807) is 13.1 Å². The first-order valence-corrected chi connectivity index (χ1v) is 11.4. The first kappa shape index (κ1) is 26.9. The molecule has 1 saturated carbocycles. The second kappa shape index (κ2) is 9.76. The molecule has 2 N–H and O–H groups in total. The second-order valence-electron chi connectivity index (χ2n) is 9.22. The number of Topliss-reactive ketones (excluding diaryl/α,β-unsaturated/α-hetero) is 1. The number of aromatic nitrogens is 1. The lowest BCUT2D eigenvalue weighted by molar-refractivity contribution is -0.227. The Labute approximate surface area is 205 Å². The maximum absolute atomic E-state index is 13.6. The number of rotatable bonds is 8. The van der Waals surface area contributed by atoms with E-state index in [0.717, 1.165) is 31.9 Å². The van der Waals surface area contributed by atoms with E-state index in [1.165, 1.54) is 30.5 Å². The number of carbonyl (C=O) groups excluding carboxylic acids is 3. The fraction of sp³-hybridized carbons (Fsp3) is 0.440. The van der Waals surface area contributed by atoms with E-state index >= 15 is 0 Å². The Balaban J connectivity index is 1.88. The monoisotopic (exact) mass is 506 g/mol. The molecule has 7 nitrogen and oxygen atoms in total. The van der Waals surface area contributed by atoms with Gasteiger partial charge in [0.25, 0.3) is 17.6 Å². The van der Waals surface area contributed by atoms with Gasteiger partial charge in [-0.1, -0.05) is 6.92 Å². The number of nitrogens with zero attached hydrogens (tertiary/aromatic N) is 2. The number of halogens is 4. The number of ketones is 1. The van der Waals surface area contributed by atoms with E-state index < -0.39 is 41.0 Å². The Bertz CT molecular complexity index is 1260. The van der Waals surface area contributed by atoms with Crippen LogP contribution in [0, 0.1) is 22.6 Å². The van der Waals surface area contributed by atoms with E-state index in [4.69, 9.17) is 5.26 Å². The van der Waals surface area contributed by atoms with Crippen LogP contribution in [0.3, 0.4) is 0 Å². The van der Waals surface area contributed by atoms with Crippen LogP contribution in [0.1, 0.15) is 78.1 Å². The number of hydrogen-bond acceptors (Lipinski definition) is 4. The van der Waals surface area contributed by atoms with Crippen LogP contribution in [0.25, 0.3) is 0 Å². The fourth-order valence-corrected chi connectivity index (χ4v) is 4.05. The molecule has 1 aliphatic rings. The average molecular weight is 507 g/mol. The molecule has 1 heterocycles. The Morgan fingerprint density at radius 3 is 2.39 bits per heavy atom. The van der Waals surface area contributed by atoms with Crippen molar-refractivity contribution in [2.45, 2.75) is 58.2 Å². The molecule has 0 spiro atoms. The van der Waals surface area contributed by atoms with Crippen molar-refractivity contribution in [3.63, 3.8) is 0 Å². The molecule has 0 aliphatic heterocycles. The van der Waals surface area contributed by atoms with Gasteiger partial charge >= 0.3 is 6.18 Å². The van der Waals surface area contributed by atoms with Crippen LogP contribution in [0.4, 0.5) is 23.2 Å². The Kier molecular flexibility index (Phi) is 7.30. The topological polar surface area (TPSA) is 104 Å². The van der Waals surface area contributed by atoms with Crippen LogP contribution >= 0.6 is 0 Å². The first-order valence-electron chi connectivity index (χ1n) is 11.4. The third kappa shape index (κ3) is 4.98. The molecule has 2 amide bonds. The van der Waals surface area contributed by atoms with Gasteiger partial charge in [-0.3, -0.25) is 14.4 Å². The minimum atomic E-state index is -4.60. The molecule has 1 aliphatic carbocycles. The van der Waals surface area contributed by atoms with Gasteiger partial charge in [-0.25, -0.2) is 4.39 Å². The maximum atomic E-state index is 13.6. The average Bonchev–Trinajstić information content (AvgIpc) is 3.59. The molecule has 2 unspecified atom stereocenters. The van der Waals surface area contributed by atoms with Crippen molar-refractivity contribution < 1.29 is 31.9 Å². The van der Waals surface area contributed by atoms with Crippen molar-refractivity contribution in [3.8, 4) is 6.07 Å². The van der Waals surface area contributed by atoms with Gasteiger partial charge in [-0.05, 0) is 63.3 Å². The predicted octanol–water partition coefficient (Wildman–Crippen LogP) is 4.83. The zero-order chi connectivity index (χ0) is 27.0. The summed E-state index contributed by atoms with van der Waals surface area (Å²) in [6.45, 7) is 3.54. The zero-order valence-corrected chi connectivity index (χ0v) is 20.2. The number of nitriles is 1. The summed E-state index contributed by atoms with van der Waals surface area (Å²) in [6.07, 6.45) is -3.45. The maximum Gasteiger partial charge on any atom is 0.396 e. The van der Waals surface area contributed by atoms with E-state index in [1.807, 2.05) is 0 Å². The highest BCUT2D eigenvalue weighted by Crippen LogP contribution is 2.44. The summed E-state index contributed by atoms with van der Waals surface area (Å²) in [5.41, 5.74) is -1.94. The summed E-state index contributed by atoms with van der Waals surface area (Å²) in [5, 5.41) is 13.7. The zero-order valence-electron chi connectivity index (χ0n) is 20.2. The Hall–Kier alpha value is -3.68. The second-order valence-corrected chi connectivity index (χ2v) is 9.22. The van der Waals surface area contributed by atoms with Crippen molar-refractivity contribution >= 4 is 23.3 Å². The number of amides is 2. The van der Waals surface area contributed by atoms with Crippen LogP contribution in [0.2, 0.25) is 0 Å². The minimum Gasteiger partial charge on any atom is -0.346 e. The van der Waals surface area contributed by atoms with Crippen LogP contribution < -0.4 is 10.6 Å². The van der Waals surface area contributed by atoms with Crippen molar-refractivity contribution in [2.24, 2.45) is 12.5 Å². The van der Waals surface area contributed by atoms with Gasteiger partial charge in [0.2, 0.25) is 0 Å². The molecule has 11 heteroatoms. The van der Waals surface area contributed by atoms with Crippen LogP contribution in [0.5, 0.6) is 0 Å². The summed E-state index contributed by atoms with van der Waals surface area (Å²) >= 11 is 0. The SMILES string of the molecule is CCC(C)(C(C)NC(=O)C(=O)c1cc(C(=O)Nc2ccc(F)c(C#N)c2)n(C)c1C1CC1)C(F)(F)F. The molecule has 1 aromatic heterocycles. The molecule has 36 heavy (non-hydrogen) atoms. The predicted molar refractivity (Wildman–Crippen MR) is 123 cm³/mol.